The van der Waals surface area contributed by atoms with Crippen LogP contribution < -0.4 is 9.57 Å². The number of rotatable bonds is 3. The highest BCUT2D eigenvalue weighted by Gasteiger charge is 2.11. The van der Waals surface area contributed by atoms with Crippen molar-refractivity contribution in [1.82, 2.24) is 5.06 Å². The Morgan fingerprint density at radius 3 is 2.60 bits per heavy atom. The molecule has 81 valence electrons. The first-order chi connectivity index (χ1) is 7.38. The predicted octanol–water partition coefficient (Wildman–Crippen LogP) is 2.29. The monoisotopic (exact) mass is 206 g/mol. The van der Waals surface area contributed by atoms with Gasteiger partial charge in [-0.25, -0.2) is 0 Å². The van der Waals surface area contributed by atoms with Crippen molar-refractivity contribution in [3.8, 4) is 11.5 Å². The fraction of sp³-hybridized carbons (Fsp3) is 0.417. The standard InChI is InChI=1S/C12H16NO2/c1-14-11-6-5-7-12(10-11)15-13-8-3-2-4-9-13/h2,5-7,10H,3-4,8-9H2,1H3. The minimum Gasteiger partial charge on any atom is -0.497 e. The van der Waals surface area contributed by atoms with Gasteiger partial charge in [0.2, 0.25) is 0 Å². The predicted molar refractivity (Wildman–Crippen MR) is 58.7 cm³/mol. The van der Waals surface area contributed by atoms with Gasteiger partial charge in [-0.1, -0.05) is 6.07 Å². The van der Waals surface area contributed by atoms with Crippen LogP contribution in [0.2, 0.25) is 0 Å². The molecule has 0 aliphatic carbocycles. The van der Waals surface area contributed by atoms with Crippen molar-refractivity contribution in [2.75, 3.05) is 20.2 Å². The van der Waals surface area contributed by atoms with Crippen LogP contribution in [0.4, 0.5) is 0 Å². The van der Waals surface area contributed by atoms with Crippen LogP contribution >= 0.6 is 0 Å². The van der Waals surface area contributed by atoms with Gasteiger partial charge in [0.1, 0.15) is 5.75 Å². The smallest absolute Gasteiger partial charge is 0.151 e. The van der Waals surface area contributed by atoms with E-state index >= 15 is 0 Å². The van der Waals surface area contributed by atoms with E-state index in [1.807, 2.05) is 29.3 Å². The molecule has 1 aromatic rings. The van der Waals surface area contributed by atoms with Crippen LogP contribution in [0.15, 0.2) is 24.3 Å². The van der Waals surface area contributed by atoms with Gasteiger partial charge in [-0.3, -0.25) is 0 Å². The van der Waals surface area contributed by atoms with Crippen LogP contribution in [0.25, 0.3) is 0 Å². The van der Waals surface area contributed by atoms with Crippen LogP contribution in [0.1, 0.15) is 12.8 Å². The lowest BCUT2D eigenvalue weighted by Crippen LogP contribution is -2.32. The lowest BCUT2D eigenvalue weighted by Gasteiger charge is -2.25. The maximum atomic E-state index is 5.73. The van der Waals surface area contributed by atoms with Crippen molar-refractivity contribution < 1.29 is 9.57 Å². The molecule has 1 heterocycles. The molecule has 3 heteroatoms. The van der Waals surface area contributed by atoms with Crippen LogP contribution in [0, 0.1) is 6.42 Å². The van der Waals surface area contributed by atoms with Gasteiger partial charge < -0.3 is 9.57 Å². The summed E-state index contributed by atoms with van der Waals surface area (Å²) in [7, 11) is 1.66. The number of hydrogen-bond acceptors (Lipinski definition) is 3. The summed E-state index contributed by atoms with van der Waals surface area (Å²) in [6, 6.07) is 7.69. The average Bonchev–Trinajstić information content (AvgIpc) is 2.31. The van der Waals surface area contributed by atoms with Gasteiger partial charge in [0.15, 0.2) is 5.75 Å². The SMILES string of the molecule is COc1cccc(ON2CC[CH]CC2)c1. The van der Waals surface area contributed by atoms with E-state index in [-0.39, 0.29) is 0 Å². The van der Waals surface area contributed by atoms with Gasteiger partial charge in [0.05, 0.1) is 7.11 Å². The Labute approximate surface area is 90.6 Å². The van der Waals surface area contributed by atoms with E-state index in [0.717, 1.165) is 37.4 Å². The summed E-state index contributed by atoms with van der Waals surface area (Å²) in [6.07, 6.45) is 4.50. The number of benzene rings is 1. The molecule has 1 radical (unpaired) electrons. The van der Waals surface area contributed by atoms with Gasteiger partial charge in [0.25, 0.3) is 0 Å². The second-order valence-electron chi connectivity index (χ2n) is 3.57. The Balaban J connectivity index is 1.96. The van der Waals surface area contributed by atoms with Gasteiger partial charge in [-0.05, 0) is 31.4 Å². The molecule has 1 saturated heterocycles. The highest BCUT2D eigenvalue weighted by atomic mass is 16.7. The quantitative estimate of drug-likeness (QED) is 0.757. The van der Waals surface area contributed by atoms with Gasteiger partial charge in [-0.15, -0.1) is 5.06 Å². The average molecular weight is 206 g/mol. The second kappa shape index (κ2) is 5.03. The molecule has 1 aliphatic heterocycles. The highest BCUT2D eigenvalue weighted by molar-refractivity contribution is 5.32. The summed E-state index contributed by atoms with van der Waals surface area (Å²) in [4.78, 5) is 5.73. The first-order valence-electron chi connectivity index (χ1n) is 5.27. The van der Waals surface area contributed by atoms with Crippen molar-refractivity contribution in [3.63, 3.8) is 0 Å². The molecular weight excluding hydrogens is 190 g/mol. The molecular formula is C12H16NO2. The number of ether oxygens (including phenoxy) is 1. The fourth-order valence-corrected chi connectivity index (χ4v) is 1.63. The maximum Gasteiger partial charge on any atom is 0.151 e. The zero-order chi connectivity index (χ0) is 10.5. The van der Waals surface area contributed by atoms with Crippen LogP contribution in [-0.4, -0.2) is 25.3 Å². The third-order valence-corrected chi connectivity index (χ3v) is 2.44. The molecule has 0 atom stereocenters. The summed E-state index contributed by atoms with van der Waals surface area (Å²) in [5.41, 5.74) is 0. The van der Waals surface area contributed by atoms with E-state index in [4.69, 9.17) is 9.57 Å². The number of hydroxylamine groups is 2. The molecule has 0 unspecified atom stereocenters. The molecule has 0 aromatic heterocycles. The van der Waals surface area contributed by atoms with E-state index in [1.165, 1.54) is 0 Å². The molecule has 15 heavy (non-hydrogen) atoms. The normalized spacial score (nSPS) is 17.4. The van der Waals surface area contributed by atoms with Crippen molar-refractivity contribution in [1.29, 1.82) is 0 Å². The topological polar surface area (TPSA) is 21.7 Å². The Hall–Kier alpha value is -1.22. The van der Waals surface area contributed by atoms with Crippen LogP contribution in [-0.2, 0) is 0 Å². The Morgan fingerprint density at radius 1 is 1.13 bits per heavy atom. The molecule has 0 saturated carbocycles. The number of nitrogens with zero attached hydrogens (tertiary/aromatic N) is 1. The third-order valence-electron chi connectivity index (χ3n) is 2.44. The van der Waals surface area contributed by atoms with Crippen LogP contribution in [0.5, 0.6) is 11.5 Å². The summed E-state index contributed by atoms with van der Waals surface area (Å²) in [6.45, 7) is 1.94. The van der Waals surface area contributed by atoms with E-state index in [2.05, 4.69) is 6.42 Å². The second-order valence-corrected chi connectivity index (χ2v) is 3.57. The Bertz CT molecular complexity index is 308. The largest absolute Gasteiger partial charge is 0.497 e. The number of piperidine rings is 1. The molecule has 1 aliphatic rings. The minimum atomic E-state index is 0.830. The molecule has 0 amide bonds. The number of hydrogen-bond donors (Lipinski definition) is 0. The summed E-state index contributed by atoms with van der Waals surface area (Å²) in [5.74, 6) is 1.67. The lowest BCUT2D eigenvalue weighted by molar-refractivity contribution is -0.0651. The zero-order valence-corrected chi connectivity index (χ0v) is 8.98. The zero-order valence-electron chi connectivity index (χ0n) is 8.98. The van der Waals surface area contributed by atoms with Crippen molar-refractivity contribution in [2.45, 2.75) is 12.8 Å². The summed E-state index contributed by atoms with van der Waals surface area (Å²) in [5, 5.41) is 1.99. The lowest BCUT2D eigenvalue weighted by atomic mass is 10.2. The van der Waals surface area contributed by atoms with Crippen molar-refractivity contribution in [2.24, 2.45) is 0 Å². The van der Waals surface area contributed by atoms with Gasteiger partial charge >= 0.3 is 0 Å². The van der Waals surface area contributed by atoms with Gasteiger partial charge in [0, 0.05) is 19.2 Å². The minimum absolute atomic E-state index is 0.830. The van der Waals surface area contributed by atoms with Crippen LogP contribution in [0.3, 0.4) is 0 Å². The van der Waals surface area contributed by atoms with E-state index in [0.29, 0.717) is 0 Å². The molecule has 3 nitrogen and oxygen atoms in total. The number of methoxy groups -OCH3 is 1. The van der Waals surface area contributed by atoms with E-state index in [1.54, 1.807) is 7.11 Å². The molecule has 2 rings (SSSR count). The molecule has 1 aromatic carbocycles. The van der Waals surface area contributed by atoms with Crippen molar-refractivity contribution in [3.05, 3.63) is 30.7 Å². The van der Waals surface area contributed by atoms with Crippen molar-refractivity contribution >= 4 is 0 Å². The third kappa shape index (κ3) is 2.86. The molecule has 1 fully saturated rings. The first-order valence-corrected chi connectivity index (χ1v) is 5.27. The summed E-state index contributed by atoms with van der Waals surface area (Å²) >= 11 is 0. The van der Waals surface area contributed by atoms with Gasteiger partial charge in [-0.2, -0.15) is 0 Å². The van der Waals surface area contributed by atoms with E-state index < -0.39 is 0 Å². The Kier molecular flexibility index (Phi) is 3.45. The first kappa shape index (κ1) is 10.3. The molecule has 0 bridgehead atoms. The molecule has 0 N–H and O–H groups in total. The van der Waals surface area contributed by atoms with E-state index in [9.17, 15) is 0 Å². The highest BCUT2D eigenvalue weighted by Crippen LogP contribution is 2.20. The fourth-order valence-electron chi connectivity index (χ4n) is 1.63. The summed E-state index contributed by atoms with van der Waals surface area (Å²) < 4.78 is 5.14. The molecule has 0 spiro atoms. The maximum absolute atomic E-state index is 5.73. The Morgan fingerprint density at radius 2 is 1.87 bits per heavy atom.